The molecular formula is C85H127Cl4N23O8. The second-order valence-corrected chi connectivity index (χ2v) is 30.2. The van der Waals surface area contributed by atoms with Crippen molar-refractivity contribution in [3.05, 3.63) is 113 Å². The molecule has 10 aromatic rings. The Morgan fingerprint density at radius 3 is 1.17 bits per heavy atom. The SMILES string of the molecule is C.CC.CCCC[C@@](C)(N)CCC(C)=O.CCCC[C@](C)(CCC(C)=O)Nc1nc(Cl)nc2nccnc12.CCCC[C@](C)(CCC(C)=O)Nc1nc(N)nc2nccnc12.CCCC[C@](C)(CCC(C)=O)Nc1nc(NCc2ccc(OC)cc2OC)nc2nccnc12.COc1ccc(CN)c(OC)c1.Cl.Clc1nc(Cl)c2nccnc2n1. The van der Waals surface area contributed by atoms with Crippen LogP contribution in [0.1, 0.15) is 244 Å². The number of nitrogen functional groups attached to an aromatic ring is 1. The first-order chi connectivity index (χ1) is 56.3. The van der Waals surface area contributed by atoms with Crippen LogP contribution in [0.2, 0.25) is 15.7 Å². The summed E-state index contributed by atoms with van der Waals surface area (Å²) < 4.78 is 20.9. The molecule has 0 amide bonds. The van der Waals surface area contributed by atoms with E-state index in [2.05, 4.69) is 144 Å². The van der Waals surface area contributed by atoms with E-state index in [1.54, 1.807) is 93.3 Å². The van der Waals surface area contributed by atoms with Gasteiger partial charge in [-0.1, -0.05) is 118 Å². The summed E-state index contributed by atoms with van der Waals surface area (Å²) in [5.74, 6) is 6.09. The first-order valence-electron chi connectivity index (χ1n) is 39.9. The Labute approximate surface area is 728 Å². The minimum atomic E-state index is -0.309. The molecule has 35 heteroatoms. The number of ether oxygens (including phenoxy) is 4. The van der Waals surface area contributed by atoms with Crippen molar-refractivity contribution >= 4 is 144 Å². The van der Waals surface area contributed by atoms with E-state index in [-0.39, 0.29) is 86.8 Å². The third kappa shape index (κ3) is 37.4. The number of carbonyl (C=O) groups excluding carboxylic acids is 4. The smallest absolute Gasteiger partial charge is 0.227 e. The molecule has 120 heavy (non-hydrogen) atoms. The number of unbranched alkanes of at least 4 members (excludes halogenated alkanes) is 4. The molecule has 0 aliphatic carbocycles. The highest BCUT2D eigenvalue weighted by molar-refractivity contribution is 6.35. The van der Waals surface area contributed by atoms with E-state index in [1.165, 1.54) is 18.8 Å². The molecule has 0 saturated heterocycles. The number of nitrogens with two attached hydrogens (primary N) is 3. The van der Waals surface area contributed by atoms with Crippen LogP contribution in [-0.4, -0.2) is 153 Å². The van der Waals surface area contributed by atoms with Crippen LogP contribution in [0.5, 0.6) is 23.0 Å². The molecule has 0 fully saturated rings. The number of Topliss-reactive ketones (excluding diaryl/α,β-unsaturated/α-hetero) is 4. The molecule has 0 aliphatic rings. The molecule has 8 aromatic heterocycles. The maximum absolute atomic E-state index is 11.7. The molecule has 8 heterocycles. The van der Waals surface area contributed by atoms with Crippen molar-refractivity contribution in [2.24, 2.45) is 11.5 Å². The van der Waals surface area contributed by atoms with E-state index >= 15 is 0 Å². The normalized spacial score (nSPS) is 12.5. The van der Waals surface area contributed by atoms with Gasteiger partial charge in [0.05, 0.1) is 28.4 Å². The highest BCUT2D eigenvalue weighted by Gasteiger charge is 2.30. The number of nitrogens with one attached hydrogen (secondary N) is 4. The monoisotopic (exact) mass is 1740 g/mol. The maximum atomic E-state index is 11.7. The lowest BCUT2D eigenvalue weighted by atomic mass is 9.89. The van der Waals surface area contributed by atoms with E-state index in [9.17, 15) is 19.2 Å². The van der Waals surface area contributed by atoms with Gasteiger partial charge in [0.2, 0.25) is 22.5 Å². The van der Waals surface area contributed by atoms with Crippen molar-refractivity contribution < 1.29 is 38.1 Å². The highest BCUT2D eigenvalue weighted by atomic mass is 35.5. The van der Waals surface area contributed by atoms with Crippen LogP contribution in [0.4, 0.5) is 29.4 Å². The Bertz CT molecular complexity index is 4660. The second kappa shape index (κ2) is 55.1. The molecule has 0 radical (unpaired) electrons. The number of benzene rings is 2. The van der Waals surface area contributed by atoms with Crippen LogP contribution in [-0.2, 0) is 32.3 Å². The minimum absolute atomic E-state index is 0. The molecule has 0 bridgehead atoms. The number of ketones is 4. The molecular weight excluding hydrogens is 1610 g/mol. The fraction of sp³-hybridized carbons (Fsp3) is 0.529. The average molecular weight is 1740 g/mol. The molecule has 10 N–H and O–H groups in total. The Balaban J connectivity index is 0.000000506. The van der Waals surface area contributed by atoms with Crippen LogP contribution in [0, 0.1) is 0 Å². The van der Waals surface area contributed by atoms with Crippen molar-refractivity contribution in [1.29, 1.82) is 0 Å². The van der Waals surface area contributed by atoms with Gasteiger partial charge in [0, 0.05) is 134 Å². The molecule has 0 aliphatic heterocycles. The van der Waals surface area contributed by atoms with Gasteiger partial charge in [-0.2, -0.15) is 34.9 Å². The Morgan fingerprint density at radius 1 is 0.425 bits per heavy atom. The van der Waals surface area contributed by atoms with Crippen molar-refractivity contribution in [3.8, 4) is 23.0 Å². The number of carbonyl (C=O) groups is 4. The predicted octanol–water partition coefficient (Wildman–Crippen LogP) is 18.6. The number of aromatic nitrogens is 16. The number of nitrogens with zero attached hydrogens (tertiary/aromatic N) is 16. The van der Waals surface area contributed by atoms with Crippen LogP contribution >= 0.6 is 47.2 Å². The topological polar surface area (TPSA) is 438 Å². The number of fused-ring (bicyclic) bond motifs is 4. The molecule has 0 spiro atoms. The van der Waals surface area contributed by atoms with Gasteiger partial charge in [-0.05, 0) is 148 Å². The van der Waals surface area contributed by atoms with Gasteiger partial charge in [-0.3, -0.25) is 0 Å². The van der Waals surface area contributed by atoms with E-state index < -0.39 is 0 Å². The number of hydrogen-bond donors (Lipinski definition) is 7. The van der Waals surface area contributed by atoms with Crippen LogP contribution in [0.15, 0.2) is 86.0 Å². The lowest BCUT2D eigenvalue weighted by molar-refractivity contribution is -0.118. The van der Waals surface area contributed by atoms with Crippen LogP contribution < -0.4 is 57.4 Å². The summed E-state index contributed by atoms with van der Waals surface area (Å²) in [5, 5.41) is 14.2. The zero-order valence-electron chi connectivity index (χ0n) is 72.3. The van der Waals surface area contributed by atoms with E-state index in [4.69, 9.17) is 75.9 Å². The van der Waals surface area contributed by atoms with Gasteiger partial charge in [-0.25, -0.2) is 44.9 Å². The largest absolute Gasteiger partial charge is 0.497 e. The van der Waals surface area contributed by atoms with Crippen LogP contribution in [0.25, 0.3) is 44.7 Å². The van der Waals surface area contributed by atoms with Gasteiger partial charge in [0.1, 0.15) is 51.6 Å². The fourth-order valence-corrected chi connectivity index (χ4v) is 12.3. The average Bonchev–Trinajstić information content (AvgIpc) is 0.805. The Morgan fingerprint density at radius 2 is 0.767 bits per heavy atom. The van der Waals surface area contributed by atoms with Crippen molar-refractivity contribution in [2.45, 2.75) is 268 Å². The van der Waals surface area contributed by atoms with Gasteiger partial charge < -0.3 is 76.6 Å². The second-order valence-electron chi connectivity index (χ2n) is 29.2. The predicted molar refractivity (Wildman–Crippen MR) is 486 cm³/mol. The Kier molecular flexibility index (Phi) is 48.7. The van der Waals surface area contributed by atoms with E-state index in [1.807, 2.05) is 57.2 Å². The summed E-state index contributed by atoms with van der Waals surface area (Å²) in [5.41, 5.74) is 22.3. The summed E-state index contributed by atoms with van der Waals surface area (Å²) in [4.78, 5) is 112. The van der Waals surface area contributed by atoms with Crippen molar-refractivity contribution in [2.75, 3.05) is 55.4 Å². The lowest BCUT2D eigenvalue weighted by Gasteiger charge is -2.31. The summed E-state index contributed by atoms with van der Waals surface area (Å²) in [6.45, 7) is 28.4. The van der Waals surface area contributed by atoms with Crippen LogP contribution in [0.3, 0.4) is 0 Å². The lowest BCUT2D eigenvalue weighted by Crippen LogP contribution is -2.36. The molecule has 10 rings (SSSR count). The van der Waals surface area contributed by atoms with Gasteiger partial charge in [-0.15, -0.1) is 12.4 Å². The summed E-state index contributed by atoms with van der Waals surface area (Å²) in [6.07, 6.45) is 30.3. The number of rotatable bonds is 38. The quantitative estimate of drug-likeness (QED) is 0.0140. The zero-order chi connectivity index (χ0) is 87.4. The van der Waals surface area contributed by atoms with Crippen molar-refractivity contribution in [1.82, 2.24) is 79.7 Å². The van der Waals surface area contributed by atoms with Gasteiger partial charge >= 0.3 is 0 Å². The summed E-state index contributed by atoms with van der Waals surface area (Å²) in [7, 11) is 6.49. The highest BCUT2D eigenvalue weighted by Crippen LogP contribution is 2.34. The van der Waals surface area contributed by atoms with Gasteiger partial charge in [0.25, 0.3) is 0 Å². The zero-order valence-corrected chi connectivity index (χ0v) is 75.4. The fourth-order valence-electron chi connectivity index (χ4n) is 11.8. The number of hydrogen-bond acceptors (Lipinski definition) is 31. The summed E-state index contributed by atoms with van der Waals surface area (Å²) in [6, 6.07) is 11.2. The number of anilines is 5. The maximum Gasteiger partial charge on any atom is 0.227 e. The first-order valence-corrected chi connectivity index (χ1v) is 41.1. The third-order valence-electron chi connectivity index (χ3n) is 18.6. The standard InChI is InChI=1S/C25H34N6O3.C16H22ClN5O.C16H24N6O.C10H21NO.C9H13NO2.C6H2Cl2N4.C2H6.CH4.ClH/c1-6-7-11-25(3,12-10-17(2)32)31-23-21-22(27-14-13-26-21)29-24(30-23)28-16-18-8-9-19(33-4)15-20(18)34-5;2*1-4-5-7-16(3,8-6-11(2)23)22-14-12-13(19-10-9-18-12)20-15(17)21-14;1-4-5-7-10(3,11)8-6-9(2)12;1-11-8-4-3-7(6-10)9(5-8)12-2;7-4-3-5(10-2-1-9-3)12-6(8)11-4;1-2;;/h8-9,13-15H,6-7,10-12,16H2,1-5H3,(H2,27,28,29,30,31);9-10H,4-8H2,1-3H3,(H,19,20,21,22);9-10H,4-8H2,1-3H3,(H3,17,19,20,21,22);4-8,11H2,1-3H3;3-5H,6,10H2,1-2H3;1-2H;1-2H3;1H4;1H/t25-;2*16-;10-;;;;;/m1111...../s1. The molecule has 4 atom stereocenters. The summed E-state index contributed by atoms with van der Waals surface area (Å²) >= 11 is 17.3. The molecule has 2 aromatic carbocycles. The third-order valence-corrected chi connectivity index (χ3v) is 19.2. The first kappa shape index (κ1) is 106. The molecule has 0 unspecified atom stereocenters. The molecule has 658 valence electrons. The minimum Gasteiger partial charge on any atom is -0.497 e. The van der Waals surface area contributed by atoms with E-state index in [0.717, 1.165) is 118 Å². The molecule has 0 saturated carbocycles. The van der Waals surface area contributed by atoms with Gasteiger partial charge in [0.15, 0.2) is 61.7 Å². The molecule has 31 nitrogen and oxygen atoms in total. The van der Waals surface area contributed by atoms with Crippen molar-refractivity contribution in [3.63, 3.8) is 0 Å². The number of methoxy groups -OCH3 is 4. The number of halogens is 4. The van der Waals surface area contributed by atoms with E-state index in [0.29, 0.717) is 119 Å². The Hall–Kier alpha value is -9.92.